The van der Waals surface area contributed by atoms with Gasteiger partial charge in [0, 0.05) is 18.6 Å². The van der Waals surface area contributed by atoms with Crippen LogP contribution in [0.3, 0.4) is 0 Å². The van der Waals surface area contributed by atoms with E-state index in [-0.39, 0.29) is 0 Å². The maximum atomic E-state index is 5.95. The molecule has 0 unspecified atom stereocenters. The van der Waals surface area contributed by atoms with Gasteiger partial charge in [0.05, 0.1) is 11.4 Å². The molecule has 2 aromatic carbocycles. The lowest BCUT2D eigenvalue weighted by Crippen LogP contribution is -2.17. The van der Waals surface area contributed by atoms with Gasteiger partial charge in [-0.05, 0) is 23.8 Å². The van der Waals surface area contributed by atoms with Gasteiger partial charge in [-0.1, -0.05) is 41.9 Å². The minimum Gasteiger partial charge on any atom is -0.397 e. The Hall–Kier alpha value is -1.67. The molecule has 0 aliphatic rings. The molecule has 2 nitrogen and oxygen atoms in total. The van der Waals surface area contributed by atoms with E-state index >= 15 is 0 Å². The summed E-state index contributed by atoms with van der Waals surface area (Å²) in [5.74, 6) is 0. The molecule has 0 aliphatic heterocycles. The Bertz CT molecular complexity index is 497. The highest BCUT2D eigenvalue weighted by Gasteiger charge is 2.06. The molecule has 0 spiro atoms. The van der Waals surface area contributed by atoms with E-state index < -0.39 is 0 Å². The lowest BCUT2D eigenvalue weighted by Gasteiger charge is -2.21. The molecule has 0 heterocycles. The summed E-state index contributed by atoms with van der Waals surface area (Å²) in [6.45, 7) is 0.826. The van der Waals surface area contributed by atoms with Crippen LogP contribution in [-0.2, 0) is 6.54 Å². The van der Waals surface area contributed by atoms with Gasteiger partial charge < -0.3 is 10.6 Å². The molecule has 0 bridgehead atoms. The molecule has 2 N–H and O–H groups in total. The Morgan fingerprint density at radius 2 is 1.82 bits per heavy atom. The van der Waals surface area contributed by atoms with Crippen molar-refractivity contribution >= 4 is 23.0 Å². The number of benzene rings is 2. The van der Waals surface area contributed by atoms with Crippen molar-refractivity contribution in [2.45, 2.75) is 6.54 Å². The molecule has 17 heavy (non-hydrogen) atoms. The molecular formula is C14H15ClN2. The van der Waals surface area contributed by atoms with E-state index in [1.165, 1.54) is 5.56 Å². The van der Waals surface area contributed by atoms with Gasteiger partial charge in [-0.2, -0.15) is 0 Å². The zero-order chi connectivity index (χ0) is 12.3. The average molecular weight is 247 g/mol. The van der Waals surface area contributed by atoms with Crippen LogP contribution in [0.4, 0.5) is 11.4 Å². The van der Waals surface area contributed by atoms with Crippen molar-refractivity contribution in [1.82, 2.24) is 0 Å². The summed E-state index contributed by atoms with van der Waals surface area (Å²) in [7, 11) is 2.02. The molecule has 0 radical (unpaired) electrons. The fraction of sp³-hybridized carbons (Fsp3) is 0.143. The van der Waals surface area contributed by atoms with Crippen LogP contribution in [0.5, 0.6) is 0 Å². The second kappa shape index (κ2) is 5.11. The Morgan fingerprint density at radius 1 is 1.12 bits per heavy atom. The maximum Gasteiger partial charge on any atom is 0.0601 e. The second-order valence-electron chi connectivity index (χ2n) is 4.04. The zero-order valence-corrected chi connectivity index (χ0v) is 10.5. The van der Waals surface area contributed by atoms with Gasteiger partial charge in [0.25, 0.3) is 0 Å². The van der Waals surface area contributed by atoms with Crippen molar-refractivity contribution in [2.24, 2.45) is 0 Å². The summed E-state index contributed by atoms with van der Waals surface area (Å²) in [6, 6.07) is 15.9. The summed E-state index contributed by atoms with van der Waals surface area (Å²) < 4.78 is 0. The predicted octanol–water partition coefficient (Wildman–Crippen LogP) is 3.56. The first-order valence-electron chi connectivity index (χ1n) is 5.47. The molecule has 2 aromatic rings. The quantitative estimate of drug-likeness (QED) is 0.840. The molecule has 0 aliphatic carbocycles. The number of hydrogen-bond acceptors (Lipinski definition) is 2. The largest absolute Gasteiger partial charge is 0.397 e. The van der Waals surface area contributed by atoms with Gasteiger partial charge in [-0.3, -0.25) is 0 Å². The number of hydrogen-bond donors (Lipinski definition) is 1. The normalized spacial score (nSPS) is 10.2. The van der Waals surface area contributed by atoms with Gasteiger partial charge in [0.2, 0.25) is 0 Å². The molecule has 0 aromatic heterocycles. The summed E-state index contributed by atoms with van der Waals surface area (Å²) in [5, 5.41) is 0.666. The van der Waals surface area contributed by atoms with Crippen molar-refractivity contribution in [2.75, 3.05) is 17.7 Å². The van der Waals surface area contributed by atoms with Gasteiger partial charge in [-0.15, -0.1) is 0 Å². The summed E-state index contributed by atoms with van der Waals surface area (Å²) in [5.41, 5.74) is 8.91. The van der Waals surface area contributed by atoms with Crippen LogP contribution >= 0.6 is 11.6 Å². The number of nitrogens with two attached hydrogens (primary N) is 1. The molecule has 0 atom stereocenters. The fourth-order valence-corrected chi connectivity index (χ4v) is 2.00. The van der Waals surface area contributed by atoms with Gasteiger partial charge in [0.1, 0.15) is 0 Å². The first kappa shape index (κ1) is 11.8. The van der Waals surface area contributed by atoms with Gasteiger partial charge >= 0.3 is 0 Å². The minimum absolute atomic E-state index is 0.666. The third-order valence-corrected chi connectivity index (χ3v) is 2.90. The second-order valence-corrected chi connectivity index (χ2v) is 4.48. The fourth-order valence-electron chi connectivity index (χ4n) is 1.82. The topological polar surface area (TPSA) is 29.3 Å². The van der Waals surface area contributed by atoms with Crippen molar-refractivity contribution in [3.05, 3.63) is 59.1 Å². The smallest absolute Gasteiger partial charge is 0.0601 e. The summed E-state index contributed by atoms with van der Waals surface area (Å²) in [6.07, 6.45) is 0. The molecule has 0 saturated heterocycles. The monoisotopic (exact) mass is 246 g/mol. The predicted molar refractivity (Wildman–Crippen MR) is 74.4 cm³/mol. The van der Waals surface area contributed by atoms with Crippen molar-refractivity contribution in [3.8, 4) is 0 Å². The van der Waals surface area contributed by atoms with E-state index in [2.05, 4.69) is 17.0 Å². The standard InChI is InChI=1S/C14H15ClN2/c1-17(10-11-5-3-2-4-6-11)14-8-7-12(15)9-13(14)16/h2-9H,10,16H2,1H3. The van der Waals surface area contributed by atoms with Crippen LogP contribution in [0.15, 0.2) is 48.5 Å². The zero-order valence-electron chi connectivity index (χ0n) is 9.73. The van der Waals surface area contributed by atoms with E-state index in [9.17, 15) is 0 Å². The molecular weight excluding hydrogens is 232 g/mol. The third-order valence-electron chi connectivity index (χ3n) is 2.66. The Labute approximate surface area is 107 Å². The molecule has 2 rings (SSSR count). The van der Waals surface area contributed by atoms with E-state index in [1.807, 2.05) is 37.4 Å². The number of halogens is 1. The maximum absolute atomic E-state index is 5.95. The number of nitrogen functional groups attached to an aromatic ring is 1. The van der Waals surface area contributed by atoms with E-state index in [0.29, 0.717) is 10.7 Å². The van der Waals surface area contributed by atoms with E-state index in [1.54, 1.807) is 6.07 Å². The van der Waals surface area contributed by atoms with Crippen molar-refractivity contribution < 1.29 is 0 Å². The molecule has 0 fully saturated rings. The highest BCUT2D eigenvalue weighted by atomic mass is 35.5. The summed E-state index contributed by atoms with van der Waals surface area (Å²) in [4.78, 5) is 2.11. The third kappa shape index (κ3) is 2.92. The minimum atomic E-state index is 0.666. The van der Waals surface area contributed by atoms with Gasteiger partial charge in [0.15, 0.2) is 0 Å². The van der Waals surface area contributed by atoms with Crippen molar-refractivity contribution in [3.63, 3.8) is 0 Å². The van der Waals surface area contributed by atoms with Crippen LogP contribution in [0.1, 0.15) is 5.56 Å². The van der Waals surface area contributed by atoms with E-state index in [4.69, 9.17) is 17.3 Å². The average Bonchev–Trinajstić information content (AvgIpc) is 2.30. The summed E-state index contributed by atoms with van der Waals surface area (Å²) >= 11 is 5.88. The molecule has 0 saturated carbocycles. The molecule has 0 amide bonds. The van der Waals surface area contributed by atoms with Crippen LogP contribution in [0, 0.1) is 0 Å². The number of anilines is 2. The number of nitrogens with zero attached hydrogens (tertiary/aromatic N) is 1. The van der Waals surface area contributed by atoms with Crippen LogP contribution in [0.2, 0.25) is 5.02 Å². The lowest BCUT2D eigenvalue weighted by molar-refractivity contribution is 0.925. The molecule has 3 heteroatoms. The SMILES string of the molecule is CN(Cc1ccccc1)c1ccc(Cl)cc1N. The van der Waals surface area contributed by atoms with Crippen molar-refractivity contribution in [1.29, 1.82) is 0 Å². The first-order valence-corrected chi connectivity index (χ1v) is 5.84. The van der Waals surface area contributed by atoms with Crippen LogP contribution in [-0.4, -0.2) is 7.05 Å². The van der Waals surface area contributed by atoms with Crippen LogP contribution < -0.4 is 10.6 Å². The Morgan fingerprint density at radius 3 is 2.47 bits per heavy atom. The number of rotatable bonds is 3. The van der Waals surface area contributed by atoms with E-state index in [0.717, 1.165) is 12.2 Å². The van der Waals surface area contributed by atoms with Crippen LogP contribution in [0.25, 0.3) is 0 Å². The Balaban J connectivity index is 2.17. The van der Waals surface area contributed by atoms with Gasteiger partial charge in [-0.25, -0.2) is 0 Å². The molecule has 88 valence electrons. The highest BCUT2D eigenvalue weighted by molar-refractivity contribution is 6.31. The Kier molecular flexibility index (Phi) is 3.55. The highest BCUT2D eigenvalue weighted by Crippen LogP contribution is 2.26. The lowest BCUT2D eigenvalue weighted by atomic mass is 10.2. The first-order chi connectivity index (χ1) is 8.16.